The summed E-state index contributed by atoms with van der Waals surface area (Å²) in [5, 5.41) is 3.32. The number of hydrogen-bond acceptors (Lipinski definition) is 3. The highest BCUT2D eigenvalue weighted by atomic mass is 16.2. The first-order valence-electron chi connectivity index (χ1n) is 8.56. The topological polar surface area (TPSA) is 35.6 Å². The number of nitrogens with one attached hydrogen (secondary N) is 1. The van der Waals surface area contributed by atoms with Crippen molar-refractivity contribution < 1.29 is 4.79 Å². The summed E-state index contributed by atoms with van der Waals surface area (Å²) in [5.41, 5.74) is 3.19. The van der Waals surface area contributed by atoms with E-state index in [0.29, 0.717) is 13.0 Å². The molecule has 0 saturated heterocycles. The predicted molar refractivity (Wildman–Crippen MR) is 103 cm³/mol. The highest BCUT2D eigenvalue weighted by Gasteiger charge is 2.09. The van der Waals surface area contributed by atoms with Gasteiger partial charge in [0.05, 0.1) is 0 Å². The Morgan fingerprint density at radius 3 is 2.12 bits per heavy atom. The molecule has 0 radical (unpaired) electrons. The van der Waals surface area contributed by atoms with Crippen molar-refractivity contribution in [3.05, 3.63) is 54.6 Å². The van der Waals surface area contributed by atoms with E-state index in [2.05, 4.69) is 48.3 Å². The molecule has 4 heteroatoms. The van der Waals surface area contributed by atoms with Crippen LogP contribution in [0.3, 0.4) is 0 Å². The van der Waals surface area contributed by atoms with E-state index in [1.54, 1.807) is 4.90 Å². The van der Waals surface area contributed by atoms with Gasteiger partial charge in [-0.15, -0.1) is 0 Å². The van der Waals surface area contributed by atoms with Crippen molar-refractivity contribution in [1.29, 1.82) is 0 Å². The number of para-hydroxylation sites is 1. The van der Waals surface area contributed by atoms with Gasteiger partial charge >= 0.3 is 0 Å². The Labute approximate surface area is 145 Å². The van der Waals surface area contributed by atoms with E-state index in [0.717, 1.165) is 24.5 Å². The molecule has 0 unspecified atom stereocenters. The number of hydrogen-bond donors (Lipinski definition) is 1. The molecule has 0 aromatic heterocycles. The van der Waals surface area contributed by atoms with E-state index in [1.807, 2.05) is 37.4 Å². The van der Waals surface area contributed by atoms with Crippen molar-refractivity contribution in [2.45, 2.75) is 20.3 Å². The molecule has 128 valence electrons. The van der Waals surface area contributed by atoms with Crippen LogP contribution in [0, 0.1) is 0 Å². The summed E-state index contributed by atoms with van der Waals surface area (Å²) in [4.78, 5) is 16.2. The van der Waals surface area contributed by atoms with E-state index in [9.17, 15) is 4.79 Å². The van der Waals surface area contributed by atoms with Crippen molar-refractivity contribution in [3.63, 3.8) is 0 Å². The van der Waals surface area contributed by atoms with Gasteiger partial charge in [-0.3, -0.25) is 4.79 Å². The van der Waals surface area contributed by atoms with E-state index in [4.69, 9.17) is 0 Å². The molecule has 0 aliphatic heterocycles. The molecule has 0 heterocycles. The molecule has 1 amide bonds. The van der Waals surface area contributed by atoms with E-state index in [-0.39, 0.29) is 5.91 Å². The van der Waals surface area contributed by atoms with Gasteiger partial charge in [0.2, 0.25) is 5.91 Å². The van der Waals surface area contributed by atoms with E-state index in [1.165, 1.54) is 5.69 Å². The summed E-state index contributed by atoms with van der Waals surface area (Å²) in [6, 6.07) is 18.1. The molecule has 0 bridgehead atoms. The van der Waals surface area contributed by atoms with Crippen LogP contribution < -0.4 is 15.1 Å². The Balaban J connectivity index is 1.82. The molecule has 2 aromatic carbocycles. The Morgan fingerprint density at radius 2 is 1.54 bits per heavy atom. The van der Waals surface area contributed by atoms with E-state index < -0.39 is 0 Å². The summed E-state index contributed by atoms with van der Waals surface area (Å²) in [6.07, 6.45) is 0.461. The molecule has 2 rings (SSSR count). The molecule has 0 atom stereocenters. The fraction of sp³-hybridized carbons (Fsp3) is 0.350. The van der Waals surface area contributed by atoms with Crippen LogP contribution in [0.5, 0.6) is 0 Å². The zero-order valence-electron chi connectivity index (χ0n) is 14.8. The maximum atomic E-state index is 12.2. The number of anilines is 3. The lowest BCUT2D eigenvalue weighted by atomic mass is 10.2. The fourth-order valence-electron chi connectivity index (χ4n) is 2.66. The van der Waals surface area contributed by atoms with Gasteiger partial charge in [-0.2, -0.15) is 0 Å². The van der Waals surface area contributed by atoms with Crippen LogP contribution in [0.4, 0.5) is 17.1 Å². The maximum absolute atomic E-state index is 12.2. The molecule has 4 nitrogen and oxygen atoms in total. The van der Waals surface area contributed by atoms with Gasteiger partial charge in [0.1, 0.15) is 0 Å². The fourth-order valence-corrected chi connectivity index (χ4v) is 2.66. The minimum atomic E-state index is 0.105. The Morgan fingerprint density at radius 1 is 0.917 bits per heavy atom. The highest BCUT2D eigenvalue weighted by molar-refractivity contribution is 5.93. The number of benzene rings is 2. The maximum Gasteiger partial charge on any atom is 0.228 e. The third kappa shape index (κ3) is 4.75. The molecule has 2 aromatic rings. The minimum Gasteiger partial charge on any atom is -0.385 e. The van der Waals surface area contributed by atoms with Crippen molar-refractivity contribution in [2.75, 3.05) is 41.8 Å². The molecule has 0 aliphatic rings. The first kappa shape index (κ1) is 17.9. The number of carbonyl (C=O) groups excluding carboxylic acids is 1. The largest absolute Gasteiger partial charge is 0.385 e. The minimum absolute atomic E-state index is 0.105. The second-order valence-corrected chi connectivity index (χ2v) is 5.68. The monoisotopic (exact) mass is 325 g/mol. The van der Waals surface area contributed by atoms with E-state index >= 15 is 0 Å². The average Bonchev–Trinajstić information content (AvgIpc) is 2.64. The van der Waals surface area contributed by atoms with Gasteiger partial charge < -0.3 is 15.1 Å². The smallest absolute Gasteiger partial charge is 0.228 e. The van der Waals surface area contributed by atoms with Crippen LogP contribution in [-0.2, 0) is 4.79 Å². The normalized spacial score (nSPS) is 10.3. The van der Waals surface area contributed by atoms with Crippen molar-refractivity contribution in [2.24, 2.45) is 0 Å². The van der Waals surface area contributed by atoms with Crippen LogP contribution >= 0.6 is 0 Å². The SMILES string of the molecule is CCN(CC)c1ccc(NCCC(=O)N(C)c2ccccc2)cc1. The van der Waals surface area contributed by atoms with Crippen molar-refractivity contribution in [3.8, 4) is 0 Å². The molecule has 0 spiro atoms. The van der Waals surface area contributed by atoms with Crippen LogP contribution in [0.1, 0.15) is 20.3 Å². The summed E-state index contributed by atoms with van der Waals surface area (Å²) in [5.74, 6) is 0.105. The van der Waals surface area contributed by atoms with Gasteiger partial charge in [-0.1, -0.05) is 18.2 Å². The second kappa shape index (κ2) is 8.96. The number of amides is 1. The molecular formula is C20H27N3O. The molecule has 0 saturated carbocycles. The molecule has 0 fully saturated rings. The third-order valence-electron chi connectivity index (χ3n) is 4.18. The molecular weight excluding hydrogens is 298 g/mol. The number of carbonyl (C=O) groups is 1. The van der Waals surface area contributed by atoms with Crippen LogP contribution in [-0.4, -0.2) is 32.6 Å². The van der Waals surface area contributed by atoms with Crippen molar-refractivity contribution >= 4 is 23.0 Å². The summed E-state index contributed by atoms with van der Waals surface area (Å²) in [7, 11) is 1.82. The summed E-state index contributed by atoms with van der Waals surface area (Å²) in [6.45, 7) is 6.95. The summed E-state index contributed by atoms with van der Waals surface area (Å²) >= 11 is 0. The summed E-state index contributed by atoms with van der Waals surface area (Å²) < 4.78 is 0. The zero-order valence-corrected chi connectivity index (χ0v) is 14.8. The second-order valence-electron chi connectivity index (χ2n) is 5.68. The predicted octanol–water partition coefficient (Wildman–Crippen LogP) is 4.00. The lowest BCUT2D eigenvalue weighted by Gasteiger charge is -2.21. The van der Waals surface area contributed by atoms with Crippen LogP contribution in [0.2, 0.25) is 0 Å². The van der Waals surface area contributed by atoms with Crippen LogP contribution in [0.25, 0.3) is 0 Å². The zero-order chi connectivity index (χ0) is 17.4. The standard InChI is InChI=1S/C20H27N3O/c1-4-23(5-2)19-13-11-17(12-14-19)21-16-15-20(24)22(3)18-9-7-6-8-10-18/h6-14,21H,4-5,15-16H2,1-3H3. The van der Waals surface area contributed by atoms with Gasteiger partial charge in [0.25, 0.3) is 0 Å². The van der Waals surface area contributed by atoms with Gasteiger partial charge in [-0.05, 0) is 50.2 Å². The quantitative estimate of drug-likeness (QED) is 0.797. The van der Waals surface area contributed by atoms with Gasteiger partial charge in [0.15, 0.2) is 0 Å². The first-order valence-corrected chi connectivity index (χ1v) is 8.56. The molecule has 1 N–H and O–H groups in total. The lowest BCUT2D eigenvalue weighted by molar-refractivity contribution is -0.118. The Hall–Kier alpha value is -2.49. The van der Waals surface area contributed by atoms with Crippen LogP contribution in [0.15, 0.2) is 54.6 Å². The highest BCUT2D eigenvalue weighted by Crippen LogP contribution is 2.18. The molecule has 0 aliphatic carbocycles. The molecule has 24 heavy (non-hydrogen) atoms. The Bertz CT molecular complexity index is 621. The third-order valence-corrected chi connectivity index (χ3v) is 4.18. The van der Waals surface area contributed by atoms with Crippen molar-refractivity contribution in [1.82, 2.24) is 0 Å². The van der Waals surface area contributed by atoms with Gasteiger partial charge in [0, 0.05) is 50.2 Å². The average molecular weight is 325 g/mol. The number of rotatable bonds is 8. The lowest BCUT2D eigenvalue weighted by Crippen LogP contribution is -2.27. The Kier molecular flexibility index (Phi) is 6.67. The number of nitrogens with zero attached hydrogens (tertiary/aromatic N) is 2. The first-order chi connectivity index (χ1) is 11.7. The van der Waals surface area contributed by atoms with Gasteiger partial charge in [-0.25, -0.2) is 0 Å².